The van der Waals surface area contributed by atoms with E-state index in [0.717, 1.165) is 18.5 Å². The summed E-state index contributed by atoms with van der Waals surface area (Å²) in [5.74, 6) is 0.242. The molecule has 0 aromatic heterocycles. The van der Waals surface area contributed by atoms with Gasteiger partial charge in [-0.15, -0.1) is 0 Å². The fraction of sp³-hybridized carbons (Fsp3) is 0.435. The standard InChI is InChI=1S/C23H28N2O5S/c1-17-5-7-20-19(14-17)4-3-9-25(20)23(26)16-18-6-8-21(29-2)22(15-18)31(27,28)24-10-12-30-13-11-24/h5-8,14-15H,3-4,9-13,16H2,1-2H3. The number of hydrogen-bond donors (Lipinski definition) is 0. The summed E-state index contributed by atoms with van der Waals surface area (Å²) in [7, 11) is -2.29. The molecule has 1 saturated heterocycles. The lowest BCUT2D eigenvalue weighted by Gasteiger charge is -2.30. The van der Waals surface area contributed by atoms with Crippen molar-refractivity contribution in [2.45, 2.75) is 31.1 Å². The third kappa shape index (κ3) is 4.46. The number of hydrogen-bond acceptors (Lipinski definition) is 5. The number of anilines is 1. The van der Waals surface area contributed by atoms with E-state index in [1.54, 1.807) is 18.2 Å². The van der Waals surface area contributed by atoms with Crippen molar-refractivity contribution < 1.29 is 22.7 Å². The molecule has 0 spiro atoms. The largest absolute Gasteiger partial charge is 0.495 e. The molecule has 4 rings (SSSR count). The van der Waals surface area contributed by atoms with E-state index < -0.39 is 10.0 Å². The maximum atomic E-state index is 13.2. The van der Waals surface area contributed by atoms with Crippen LogP contribution in [0.15, 0.2) is 41.3 Å². The number of aryl methyl sites for hydroxylation is 2. The van der Waals surface area contributed by atoms with Gasteiger partial charge < -0.3 is 14.4 Å². The average Bonchev–Trinajstić information content (AvgIpc) is 2.79. The van der Waals surface area contributed by atoms with Crippen LogP contribution in [0.4, 0.5) is 5.69 Å². The van der Waals surface area contributed by atoms with Crippen molar-refractivity contribution in [3.05, 3.63) is 53.1 Å². The molecular formula is C23H28N2O5S. The number of ether oxygens (including phenoxy) is 2. The van der Waals surface area contributed by atoms with Crippen LogP contribution in [-0.4, -0.2) is 58.6 Å². The molecule has 0 atom stereocenters. The van der Waals surface area contributed by atoms with Crippen molar-refractivity contribution in [2.24, 2.45) is 0 Å². The Balaban J connectivity index is 1.60. The summed E-state index contributed by atoms with van der Waals surface area (Å²) in [4.78, 5) is 15.1. The molecule has 1 fully saturated rings. The van der Waals surface area contributed by atoms with E-state index in [1.165, 1.54) is 22.5 Å². The summed E-state index contributed by atoms with van der Waals surface area (Å²) >= 11 is 0. The molecule has 7 nitrogen and oxygen atoms in total. The first-order valence-corrected chi connectivity index (χ1v) is 12.0. The summed E-state index contributed by atoms with van der Waals surface area (Å²) in [5.41, 5.74) is 3.97. The summed E-state index contributed by atoms with van der Waals surface area (Å²) in [6.07, 6.45) is 2.01. The molecule has 2 heterocycles. The Morgan fingerprint density at radius 1 is 1.10 bits per heavy atom. The Morgan fingerprint density at radius 2 is 1.87 bits per heavy atom. The van der Waals surface area contributed by atoms with Gasteiger partial charge >= 0.3 is 0 Å². The van der Waals surface area contributed by atoms with Crippen molar-refractivity contribution in [1.82, 2.24) is 4.31 Å². The third-order valence-electron chi connectivity index (χ3n) is 5.83. The van der Waals surface area contributed by atoms with Crippen LogP contribution >= 0.6 is 0 Å². The van der Waals surface area contributed by atoms with Crippen molar-refractivity contribution in [2.75, 3.05) is 44.9 Å². The Labute approximate surface area is 183 Å². The van der Waals surface area contributed by atoms with Gasteiger partial charge in [0.05, 0.1) is 26.7 Å². The van der Waals surface area contributed by atoms with Crippen LogP contribution in [0.25, 0.3) is 0 Å². The number of carbonyl (C=O) groups is 1. The molecule has 0 unspecified atom stereocenters. The zero-order valence-corrected chi connectivity index (χ0v) is 18.8. The van der Waals surface area contributed by atoms with Crippen LogP contribution in [0.1, 0.15) is 23.1 Å². The highest BCUT2D eigenvalue weighted by molar-refractivity contribution is 7.89. The fourth-order valence-electron chi connectivity index (χ4n) is 4.21. The highest BCUT2D eigenvalue weighted by Gasteiger charge is 2.30. The summed E-state index contributed by atoms with van der Waals surface area (Å²) < 4.78 is 38.4. The first-order chi connectivity index (χ1) is 14.9. The SMILES string of the molecule is COc1ccc(CC(=O)N2CCCc3cc(C)ccc32)cc1S(=O)(=O)N1CCOCC1. The van der Waals surface area contributed by atoms with E-state index in [0.29, 0.717) is 38.4 Å². The number of sulfonamides is 1. The Kier molecular flexibility index (Phi) is 6.31. The first-order valence-electron chi connectivity index (χ1n) is 10.5. The second-order valence-electron chi connectivity index (χ2n) is 7.96. The Bertz CT molecular complexity index is 1080. The molecule has 2 aliphatic rings. The van der Waals surface area contributed by atoms with E-state index in [1.807, 2.05) is 17.0 Å². The molecule has 1 amide bonds. The maximum absolute atomic E-state index is 13.2. The molecule has 0 radical (unpaired) electrons. The molecule has 31 heavy (non-hydrogen) atoms. The molecule has 0 bridgehead atoms. The van der Waals surface area contributed by atoms with Crippen LogP contribution < -0.4 is 9.64 Å². The molecular weight excluding hydrogens is 416 g/mol. The molecule has 0 saturated carbocycles. The van der Waals surface area contributed by atoms with E-state index in [9.17, 15) is 13.2 Å². The molecule has 0 aliphatic carbocycles. The molecule has 2 aromatic carbocycles. The van der Waals surface area contributed by atoms with Crippen LogP contribution in [0.2, 0.25) is 0 Å². The number of fused-ring (bicyclic) bond motifs is 1. The zero-order valence-electron chi connectivity index (χ0n) is 18.0. The summed E-state index contributed by atoms with van der Waals surface area (Å²) in [5, 5.41) is 0. The minimum absolute atomic E-state index is 0.0373. The topological polar surface area (TPSA) is 76.2 Å². The number of carbonyl (C=O) groups excluding carboxylic acids is 1. The van der Waals surface area contributed by atoms with Gasteiger partial charge in [0.25, 0.3) is 0 Å². The van der Waals surface area contributed by atoms with Gasteiger partial charge in [-0.05, 0) is 49.1 Å². The lowest BCUT2D eigenvalue weighted by atomic mass is 9.99. The second kappa shape index (κ2) is 8.98. The third-order valence-corrected chi connectivity index (χ3v) is 7.75. The summed E-state index contributed by atoms with van der Waals surface area (Å²) in [6.45, 7) is 4.07. The Hall–Kier alpha value is -2.42. The molecule has 2 aromatic rings. The van der Waals surface area contributed by atoms with E-state index in [4.69, 9.17) is 9.47 Å². The van der Waals surface area contributed by atoms with Gasteiger partial charge in [-0.25, -0.2) is 8.42 Å². The fourth-order valence-corrected chi connectivity index (χ4v) is 5.83. The molecule has 166 valence electrons. The number of rotatable bonds is 5. The molecule has 8 heteroatoms. The first kappa shape index (κ1) is 21.8. The van der Waals surface area contributed by atoms with Crippen molar-refractivity contribution in [3.63, 3.8) is 0 Å². The number of amides is 1. The average molecular weight is 445 g/mol. The van der Waals surface area contributed by atoms with Gasteiger partial charge in [-0.1, -0.05) is 23.8 Å². The monoisotopic (exact) mass is 444 g/mol. The Morgan fingerprint density at radius 3 is 2.61 bits per heavy atom. The van der Waals surface area contributed by atoms with Gasteiger partial charge in [0.1, 0.15) is 10.6 Å². The van der Waals surface area contributed by atoms with Crippen LogP contribution in [0, 0.1) is 6.92 Å². The van der Waals surface area contributed by atoms with Gasteiger partial charge in [-0.2, -0.15) is 4.31 Å². The number of morpholine rings is 1. The minimum Gasteiger partial charge on any atom is -0.495 e. The van der Waals surface area contributed by atoms with Crippen molar-refractivity contribution >= 4 is 21.6 Å². The van der Waals surface area contributed by atoms with E-state index in [-0.39, 0.29) is 23.0 Å². The highest BCUT2D eigenvalue weighted by atomic mass is 32.2. The summed E-state index contributed by atoms with van der Waals surface area (Å²) in [6, 6.07) is 11.1. The second-order valence-corrected chi connectivity index (χ2v) is 9.87. The van der Waals surface area contributed by atoms with Crippen LogP contribution in [-0.2, 0) is 32.4 Å². The molecule has 2 aliphatic heterocycles. The van der Waals surface area contributed by atoms with Crippen molar-refractivity contribution in [3.8, 4) is 5.75 Å². The lowest BCUT2D eigenvalue weighted by Crippen LogP contribution is -2.40. The normalized spacial score (nSPS) is 17.3. The minimum atomic E-state index is -3.74. The van der Waals surface area contributed by atoms with E-state index in [2.05, 4.69) is 13.0 Å². The molecule has 0 N–H and O–H groups in total. The maximum Gasteiger partial charge on any atom is 0.246 e. The number of nitrogens with zero attached hydrogens (tertiary/aromatic N) is 2. The smallest absolute Gasteiger partial charge is 0.246 e. The van der Waals surface area contributed by atoms with Gasteiger partial charge in [0.2, 0.25) is 15.9 Å². The quantitative estimate of drug-likeness (QED) is 0.709. The van der Waals surface area contributed by atoms with Gasteiger partial charge in [-0.3, -0.25) is 4.79 Å². The van der Waals surface area contributed by atoms with Gasteiger partial charge in [0, 0.05) is 25.3 Å². The number of benzene rings is 2. The number of methoxy groups -OCH3 is 1. The zero-order chi connectivity index (χ0) is 22.0. The van der Waals surface area contributed by atoms with Crippen LogP contribution in [0.3, 0.4) is 0 Å². The highest BCUT2D eigenvalue weighted by Crippen LogP contribution is 2.31. The predicted molar refractivity (Wildman–Crippen MR) is 118 cm³/mol. The lowest BCUT2D eigenvalue weighted by molar-refractivity contribution is -0.118. The predicted octanol–water partition coefficient (Wildman–Crippen LogP) is 2.55. The van der Waals surface area contributed by atoms with Crippen molar-refractivity contribution in [1.29, 1.82) is 0 Å². The van der Waals surface area contributed by atoms with E-state index >= 15 is 0 Å². The van der Waals surface area contributed by atoms with Crippen LogP contribution in [0.5, 0.6) is 5.75 Å². The van der Waals surface area contributed by atoms with Gasteiger partial charge in [0.15, 0.2) is 0 Å².